The van der Waals surface area contributed by atoms with Gasteiger partial charge in [-0.1, -0.05) is 29.8 Å². The van der Waals surface area contributed by atoms with Crippen LogP contribution in [0.2, 0.25) is 5.02 Å². The lowest BCUT2D eigenvalue weighted by Gasteiger charge is -2.19. The molecule has 2 aromatic rings. The first-order valence-corrected chi connectivity index (χ1v) is 7.12. The van der Waals surface area contributed by atoms with Gasteiger partial charge in [-0.3, -0.25) is 0 Å². The molecule has 2 aromatic carbocycles. The number of anilines is 1. The highest BCUT2D eigenvalue weighted by molar-refractivity contribution is 9.10. The lowest BCUT2D eigenvalue weighted by molar-refractivity contribution is 0.620. The molecule has 0 bridgehead atoms. The number of benzene rings is 2. The van der Waals surface area contributed by atoms with Crippen LogP contribution in [0, 0.1) is 12.7 Å². The van der Waals surface area contributed by atoms with Crippen LogP contribution in [0.3, 0.4) is 0 Å². The maximum atomic E-state index is 13.4. The molecular formula is C15H14BrClFN. The van der Waals surface area contributed by atoms with Gasteiger partial charge in [0.25, 0.3) is 0 Å². The van der Waals surface area contributed by atoms with Crippen molar-refractivity contribution in [2.24, 2.45) is 0 Å². The number of nitrogens with one attached hydrogen (secondary N) is 1. The van der Waals surface area contributed by atoms with Crippen molar-refractivity contribution in [2.45, 2.75) is 19.9 Å². The molecule has 0 spiro atoms. The molecule has 1 N–H and O–H groups in total. The maximum Gasteiger partial charge on any atom is 0.137 e. The molecule has 0 aromatic heterocycles. The van der Waals surface area contributed by atoms with Crippen LogP contribution in [0.25, 0.3) is 0 Å². The number of aryl methyl sites for hydroxylation is 1. The van der Waals surface area contributed by atoms with Crippen LogP contribution in [0.1, 0.15) is 24.1 Å². The van der Waals surface area contributed by atoms with Crippen molar-refractivity contribution in [3.63, 3.8) is 0 Å². The molecule has 19 heavy (non-hydrogen) atoms. The monoisotopic (exact) mass is 341 g/mol. The number of halogens is 3. The normalized spacial score (nSPS) is 12.3. The molecule has 0 aliphatic rings. The fourth-order valence-corrected chi connectivity index (χ4v) is 2.58. The zero-order valence-electron chi connectivity index (χ0n) is 10.7. The summed E-state index contributed by atoms with van der Waals surface area (Å²) < 4.78 is 13.8. The summed E-state index contributed by atoms with van der Waals surface area (Å²) in [6, 6.07) is 11.0. The van der Waals surface area contributed by atoms with Crippen LogP contribution in [0.5, 0.6) is 0 Å². The molecule has 0 saturated heterocycles. The fraction of sp³-hybridized carbons (Fsp3) is 0.200. The largest absolute Gasteiger partial charge is 0.378 e. The van der Waals surface area contributed by atoms with Gasteiger partial charge in [-0.05, 0) is 59.1 Å². The Balaban J connectivity index is 2.27. The Bertz CT molecular complexity index is 601. The summed E-state index contributed by atoms with van der Waals surface area (Å²) in [5.74, 6) is -0.256. The number of hydrogen-bond acceptors (Lipinski definition) is 1. The minimum absolute atomic E-state index is 0.0461. The topological polar surface area (TPSA) is 12.0 Å². The predicted molar refractivity (Wildman–Crippen MR) is 82.3 cm³/mol. The lowest BCUT2D eigenvalue weighted by atomic mass is 10.1. The van der Waals surface area contributed by atoms with Crippen LogP contribution in [-0.2, 0) is 0 Å². The zero-order valence-corrected chi connectivity index (χ0v) is 13.0. The highest BCUT2D eigenvalue weighted by Gasteiger charge is 2.11. The van der Waals surface area contributed by atoms with E-state index in [0.717, 1.165) is 21.8 Å². The Hall–Kier alpha value is -1.06. The van der Waals surface area contributed by atoms with Crippen LogP contribution in [0.15, 0.2) is 40.9 Å². The van der Waals surface area contributed by atoms with Crippen molar-refractivity contribution in [1.82, 2.24) is 0 Å². The van der Waals surface area contributed by atoms with E-state index in [4.69, 9.17) is 11.6 Å². The van der Waals surface area contributed by atoms with Crippen LogP contribution >= 0.6 is 27.5 Å². The van der Waals surface area contributed by atoms with E-state index in [1.807, 2.05) is 38.1 Å². The van der Waals surface area contributed by atoms with E-state index in [-0.39, 0.29) is 11.9 Å². The van der Waals surface area contributed by atoms with Crippen molar-refractivity contribution in [3.8, 4) is 0 Å². The van der Waals surface area contributed by atoms with E-state index in [2.05, 4.69) is 21.2 Å². The van der Waals surface area contributed by atoms with E-state index < -0.39 is 0 Å². The third kappa shape index (κ3) is 3.28. The molecule has 0 heterocycles. The Morgan fingerprint density at radius 2 is 1.95 bits per heavy atom. The van der Waals surface area contributed by atoms with E-state index in [9.17, 15) is 4.39 Å². The Morgan fingerprint density at radius 1 is 1.26 bits per heavy atom. The molecule has 0 aliphatic carbocycles. The van der Waals surface area contributed by atoms with Gasteiger partial charge in [0.1, 0.15) is 5.82 Å². The molecular weight excluding hydrogens is 329 g/mol. The summed E-state index contributed by atoms with van der Waals surface area (Å²) in [7, 11) is 0. The van der Waals surface area contributed by atoms with E-state index >= 15 is 0 Å². The molecule has 0 aliphatic heterocycles. The van der Waals surface area contributed by atoms with E-state index in [1.54, 1.807) is 6.07 Å². The second-order valence-corrected chi connectivity index (χ2v) is 5.73. The van der Waals surface area contributed by atoms with Gasteiger partial charge >= 0.3 is 0 Å². The van der Waals surface area contributed by atoms with Gasteiger partial charge in [0.2, 0.25) is 0 Å². The smallest absolute Gasteiger partial charge is 0.137 e. The molecule has 0 radical (unpaired) electrons. The highest BCUT2D eigenvalue weighted by atomic mass is 79.9. The van der Waals surface area contributed by atoms with Gasteiger partial charge in [-0.2, -0.15) is 0 Å². The van der Waals surface area contributed by atoms with Gasteiger partial charge in [0, 0.05) is 16.8 Å². The standard InChI is InChI=1S/C15H14BrClFN/c1-9-7-14(18)12(16)8-15(9)19-10(2)11-5-3-4-6-13(11)17/h3-8,10,19H,1-2H3. The third-order valence-electron chi connectivity index (χ3n) is 3.01. The van der Waals surface area contributed by atoms with Crippen molar-refractivity contribution in [3.05, 3.63) is 62.8 Å². The molecule has 0 amide bonds. The summed E-state index contributed by atoms with van der Waals surface area (Å²) in [6.45, 7) is 3.90. The van der Waals surface area contributed by atoms with Crippen LogP contribution in [-0.4, -0.2) is 0 Å². The van der Waals surface area contributed by atoms with Gasteiger partial charge in [-0.25, -0.2) is 4.39 Å². The molecule has 0 saturated carbocycles. The van der Waals surface area contributed by atoms with E-state index in [0.29, 0.717) is 4.47 Å². The third-order valence-corrected chi connectivity index (χ3v) is 3.96. The molecule has 2 rings (SSSR count). The zero-order chi connectivity index (χ0) is 14.0. The van der Waals surface area contributed by atoms with Gasteiger partial charge in [0.05, 0.1) is 4.47 Å². The van der Waals surface area contributed by atoms with Gasteiger partial charge < -0.3 is 5.32 Å². The van der Waals surface area contributed by atoms with Gasteiger partial charge in [-0.15, -0.1) is 0 Å². The maximum absolute atomic E-state index is 13.4. The molecule has 100 valence electrons. The summed E-state index contributed by atoms with van der Waals surface area (Å²) in [6.07, 6.45) is 0. The Morgan fingerprint density at radius 3 is 2.63 bits per heavy atom. The first-order chi connectivity index (χ1) is 8.99. The molecule has 4 heteroatoms. The van der Waals surface area contributed by atoms with Crippen molar-refractivity contribution >= 4 is 33.2 Å². The van der Waals surface area contributed by atoms with Crippen molar-refractivity contribution in [1.29, 1.82) is 0 Å². The van der Waals surface area contributed by atoms with Gasteiger partial charge in [0.15, 0.2) is 0 Å². The average molecular weight is 343 g/mol. The minimum atomic E-state index is -0.256. The summed E-state index contributed by atoms with van der Waals surface area (Å²) in [5, 5.41) is 4.08. The Labute approximate surface area is 125 Å². The second kappa shape index (κ2) is 5.93. The molecule has 0 fully saturated rings. The molecule has 1 nitrogen and oxygen atoms in total. The average Bonchev–Trinajstić information content (AvgIpc) is 2.36. The van der Waals surface area contributed by atoms with E-state index in [1.165, 1.54) is 6.07 Å². The first kappa shape index (κ1) is 14.4. The van der Waals surface area contributed by atoms with Crippen molar-refractivity contribution < 1.29 is 4.39 Å². The SMILES string of the molecule is Cc1cc(F)c(Br)cc1NC(C)c1ccccc1Cl. The number of rotatable bonds is 3. The first-order valence-electron chi connectivity index (χ1n) is 5.95. The number of hydrogen-bond donors (Lipinski definition) is 1. The highest BCUT2D eigenvalue weighted by Crippen LogP contribution is 2.29. The molecule has 1 unspecified atom stereocenters. The summed E-state index contributed by atoms with van der Waals surface area (Å²) in [4.78, 5) is 0. The molecule has 1 atom stereocenters. The summed E-state index contributed by atoms with van der Waals surface area (Å²) in [5.41, 5.74) is 2.77. The Kier molecular flexibility index (Phi) is 4.48. The minimum Gasteiger partial charge on any atom is -0.378 e. The summed E-state index contributed by atoms with van der Waals surface area (Å²) >= 11 is 9.37. The second-order valence-electron chi connectivity index (χ2n) is 4.47. The van der Waals surface area contributed by atoms with Crippen LogP contribution < -0.4 is 5.32 Å². The van der Waals surface area contributed by atoms with Crippen molar-refractivity contribution in [2.75, 3.05) is 5.32 Å². The van der Waals surface area contributed by atoms with Crippen LogP contribution in [0.4, 0.5) is 10.1 Å². The lowest BCUT2D eigenvalue weighted by Crippen LogP contribution is -2.08. The quantitative estimate of drug-likeness (QED) is 0.752. The fourth-order valence-electron chi connectivity index (χ4n) is 1.94. The predicted octanol–water partition coefficient (Wildman–Crippen LogP) is 5.72.